The zero-order valence-corrected chi connectivity index (χ0v) is 17.1. The monoisotopic (exact) mass is 414 g/mol. The van der Waals surface area contributed by atoms with Crippen LogP contribution in [0.1, 0.15) is 18.1 Å². The third-order valence-electron chi connectivity index (χ3n) is 4.17. The second-order valence-electron chi connectivity index (χ2n) is 6.13. The van der Waals surface area contributed by atoms with Gasteiger partial charge in [0.25, 0.3) is 5.24 Å². The van der Waals surface area contributed by atoms with Gasteiger partial charge in [0.2, 0.25) is 0 Å². The van der Waals surface area contributed by atoms with E-state index in [9.17, 15) is 9.59 Å². The Labute approximate surface area is 172 Å². The maximum Gasteiger partial charge on any atom is 0.328 e. The van der Waals surface area contributed by atoms with Gasteiger partial charge in [-0.05, 0) is 24.1 Å². The summed E-state index contributed by atoms with van der Waals surface area (Å²) in [5.74, 6) is 0.292. The Morgan fingerprint density at radius 1 is 1.11 bits per heavy atom. The molecule has 0 bridgehead atoms. The van der Waals surface area contributed by atoms with Crippen LogP contribution in [0.5, 0.6) is 0 Å². The molecule has 28 heavy (non-hydrogen) atoms. The summed E-state index contributed by atoms with van der Waals surface area (Å²) in [7, 11) is 2.54. The number of H-pyrrole nitrogens is 1. The highest BCUT2D eigenvalue weighted by Gasteiger charge is 2.24. The second kappa shape index (κ2) is 10.2. The number of para-hydroxylation sites is 1. The van der Waals surface area contributed by atoms with Gasteiger partial charge in [0.15, 0.2) is 0 Å². The van der Waals surface area contributed by atoms with Gasteiger partial charge in [-0.2, -0.15) is 0 Å². The molecule has 0 aliphatic rings. The van der Waals surface area contributed by atoms with E-state index >= 15 is 0 Å². The minimum Gasteiger partial charge on any atom is -0.464 e. The van der Waals surface area contributed by atoms with E-state index in [2.05, 4.69) is 10.3 Å². The summed E-state index contributed by atoms with van der Waals surface area (Å²) in [4.78, 5) is 27.9. The third-order valence-corrected chi connectivity index (χ3v) is 6.16. The number of nitrogens with one attached hydrogen (secondary N) is 2. The zero-order valence-electron chi connectivity index (χ0n) is 15.5. The minimum atomic E-state index is -0.725. The summed E-state index contributed by atoms with van der Waals surface area (Å²) < 4.78 is 5.16. The summed E-state index contributed by atoms with van der Waals surface area (Å²) in [6.07, 6.45) is 2.25. The SMILES string of the molecule is CCOC(=O)[C@H](Cc1c[nH]c2ccccc12)NC(=O)SSCc1ccccc1. The van der Waals surface area contributed by atoms with Crippen molar-refractivity contribution in [3.63, 3.8) is 0 Å². The molecule has 0 unspecified atom stereocenters. The first-order valence-electron chi connectivity index (χ1n) is 9.03. The van der Waals surface area contributed by atoms with Crippen molar-refractivity contribution in [2.24, 2.45) is 0 Å². The second-order valence-corrected chi connectivity index (χ2v) is 8.40. The molecule has 1 heterocycles. The molecule has 0 saturated carbocycles. The Bertz CT molecular complexity index is 928. The first-order chi connectivity index (χ1) is 13.7. The van der Waals surface area contributed by atoms with Gasteiger partial charge >= 0.3 is 5.97 Å². The van der Waals surface area contributed by atoms with Gasteiger partial charge < -0.3 is 15.0 Å². The Hall–Kier alpha value is -2.38. The molecule has 0 fully saturated rings. The summed E-state index contributed by atoms with van der Waals surface area (Å²) >= 11 is 0. The Balaban J connectivity index is 1.61. The Kier molecular flexibility index (Phi) is 7.45. The molecule has 0 spiro atoms. The van der Waals surface area contributed by atoms with E-state index in [0.29, 0.717) is 12.2 Å². The fraction of sp³-hybridized carbons (Fsp3) is 0.238. The number of fused-ring (bicyclic) bond motifs is 1. The maximum atomic E-state index is 12.4. The van der Waals surface area contributed by atoms with Crippen LogP contribution in [0.2, 0.25) is 0 Å². The lowest BCUT2D eigenvalue weighted by atomic mass is 10.1. The number of aromatic nitrogens is 1. The largest absolute Gasteiger partial charge is 0.464 e. The summed E-state index contributed by atoms with van der Waals surface area (Å²) in [6, 6.07) is 17.1. The summed E-state index contributed by atoms with van der Waals surface area (Å²) in [5, 5.41) is 3.59. The van der Waals surface area contributed by atoms with Gasteiger partial charge in [-0.3, -0.25) is 4.79 Å². The smallest absolute Gasteiger partial charge is 0.328 e. The molecule has 7 heteroatoms. The van der Waals surface area contributed by atoms with Crippen LogP contribution in [0.4, 0.5) is 4.79 Å². The predicted octanol–water partition coefficient (Wildman–Crippen LogP) is 4.93. The number of amides is 1. The normalized spacial score (nSPS) is 11.9. The molecule has 0 saturated heterocycles. The molecule has 1 amide bonds. The number of hydrogen-bond donors (Lipinski definition) is 2. The molecule has 0 aliphatic heterocycles. The zero-order chi connectivity index (χ0) is 19.8. The highest BCUT2D eigenvalue weighted by atomic mass is 33.1. The van der Waals surface area contributed by atoms with E-state index in [4.69, 9.17) is 4.74 Å². The lowest BCUT2D eigenvalue weighted by Crippen LogP contribution is -2.41. The van der Waals surface area contributed by atoms with E-state index in [-0.39, 0.29) is 11.8 Å². The average molecular weight is 415 g/mol. The number of hydrogen-bond acceptors (Lipinski definition) is 5. The molecule has 2 N–H and O–H groups in total. The Morgan fingerprint density at radius 3 is 2.64 bits per heavy atom. The first-order valence-corrected chi connectivity index (χ1v) is 11.3. The number of benzene rings is 2. The van der Waals surface area contributed by atoms with Crippen molar-refractivity contribution in [1.29, 1.82) is 0 Å². The molecular weight excluding hydrogens is 392 g/mol. The molecule has 3 aromatic rings. The van der Waals surface area contributed by atoms with Crippen LogP contribution in [0.25, 0.3) is 10.9 Å². The van der Waals surface area contributed by atoms with Crippen molar-refractivity contribution < 1.29 is 14.3 Å². The lowest BCUT2D eigenvalue weighted by Gasteiger charge is -2.16. The van der Waals surface area contributed by atoms with Gasteiger partial charge in [-0.15, -0.1) is 0 Å². The van der Waals surface area contributed by atoms with Crippen LogP contribution in [0.15, 0.2) is 60.8 Å². The van der Waals surface area contributed by atoms with Crippen LogP contribution in [0, 0.1) is 0 Å². The van der Waals surface area contributed by atoms with Crippen molar-refractivity contribution in [1.82, 2.24) is 10.3 Å². The molecule has 146 valence electrons. The van der Waals surface area contributed by atoms with E-state index in [1.165, 1.54) is 10.8 Å². The van der Waals surface area contributed by atoms with Crippen LogP contribution in [-0.4, -0.2) is 28.8 Å². The third kappa shape index (κ3) is 5.56. The molecular formula is C21H22N2O3S2. The summed E-state index contributed by atoms with van der Waals surface area (Å²) in [5.41, 5.74) is 3.11. The van der Waals surface area contributed by atoms with Gasteiger partial charge in [0.1, 0.15) is 6.04 Å². The standard InChI is InChI=1S/C21H22N2O3S2/c1-2-26-20(24)19(12-16-13-22-18-11-7-6-10-17(16)18)23-21(25)28-27-14-15-8-4-3-5-9-15/h3-11,13,19,22H,2,12,14H2,1H3,(H,23,25)/t19-/m0/s1. The van der Waals surface area contributed by atoms with Gasteiger partial charge in [-0.25, -0.2) is 4.79 Å². The number of rotatable bonds is 8. The maximum absolute atomic E-state index is 12.4. The van der Waals surface area contributed by atoms with Crippen molar-refractivity contribution in [2.45, 2.75) is 25.1 Å². The predicted molar refractivity (Wildman–Crippen MR) is 116 cm³/mol. The van der Waals surface area contributed by atoms with Crippen molar-refractivity contribution in [3.05, 3.63) is 71.9 Å². The number of ether oxygens (including phenoxy) is 1. The molecule has 5 nitrogen and oxygen atoms in total. The molecule has 0 radical (unpaired) electrons. The van der Waals surface area contributed by atoms with E-state index < -0.39 is 12.0 Å². The fourth-order valence-corrected chi connectivity index (χ4v) is 4.58. The number of aromatic amines is 1. The van der Waals surface area contributed by atoms with Crippen LogP contribution in [-0.2, 0) is 21.7 Å². The fourth-order valence-electron chi connectivity index (χ4n) is 2.85. The first kappa shape index (κ1) is 20.4. The number of carbonyl (C=O) groups excluding carboxylic acids is 2. The van der Waals surface area contributed by atoms with E-state index in [0.717, 1.165) is 32.8 Å². The van der Waals surface area contributed by atoms with Crippen LogP contribution < -0.4 is 5.32 Å². The van der Waals surface area contributed by atoms with Gasteiger partial charge in [0.05, 0.1) is 6.61 Å². The number of esters is 1. The average Bonchev–Trinajstić information content (AvgIpc) is 3.11. The van der Waals surface area contributed by atoms with Crippen molar-refractivity contribution >= 4 is 43.7 Å². The molecule has 2 aromatic carbocycles. The van der Waals surface area contributed by atoms with Gasteiger partial charge in [0, 0.05) is 40.1 Å². The molecule has 1 aromatic heterocycles. The topological polar surface area (TPSA) is 71.2 Å². The van der Waals surface area contributed by atoms with Gasteiger partial charge in [-0.1, -0.05) is 59.3 Å². The van der Waals surface area contributed by atoms with Crippen LogP contribution in [0.3, 0.4) is 0 Å². The summed E-state index contributed by atoms with van der Waals surface area (Å²) in [6.45, 7) is 2.03. The van der Waals surface area contributed by atoms with Crippen molar-refractivity contribution in [2.75, 3.05) is 6.61 Å². The Morgan fingerprint density at radius 2 is 1.86 bits per heavy atom. The minimum absolute atomic E-state index is 0.251. The number of carbonyl (C=O) groups is 2. The van der Waals surface area contributed by atoms with E-state index in [1.54, 1.807) is 6.92 Å². The molecule has 0 aliphatic carbocycles. The van der Waals surface area contributed by atoms with E-state index in [1.807, 2.05) is 60.8 Å². The quantitative estimate of drug-likeness (QED) is 0.404. The highest BCUT2D eigenvalue weighted by molar-refractivity contribution is 8.81. The lowest BCUT2D eigenvalue weighted by molar-refractivity contribution is -0.145. The molecule has 3 rings (SSSR count). The highest BCUT2D eigenvalue weighted by Crippen LogP contribution is 2.27. The van der Waals surface area contributed by atoms with Crippen LogP contribution >= 0.6 is 21.6 Å². The van der Waals surface area contributed by atoms with Crippen molar-refractivity contribution in [3.8, 4) is 0 Å². The molecule has 1 atom stereocenters.